The van der Waals surface area contributed by atoms with Crippen LogP contribution in [0.3, 0.4) is 0 Å². The Labute approximate surface area is 163 Å². The summed E-state index contributed by atoms with van der Waals surface area (Å²) in [5.41, 5.74) is 1.21. The third kappa shape index (κ3) is 4.44. The van der Waals surface area contributed by atoms with Gasteiger partial charge in [-0.3, -0.25) is 10.2 Å². The highest BCUT2D eigenvalue weighted by atomic mass is 35.5. The fourth-order valence-corrected chi connectivity index (χ4v) is 3.51. The maximum absolute atomic E-state index is 13.4. The van der Waals surface area contributed by atoms with Gasteiger partial charge in [0.2, 0.25) is 5.28 Å². The van der Waals surface area contributed by atoms with Gasteiger partial charge in [0.25, 0.3) is 5.91 Å². The number of hydrogen-bond acceptors (Lipinski definition) is 4. The number of rotatable bonds is 4. The largest absolute Gasteiger partial charge is 0.434 e. The molecular weight excluding hydrogens is 404 g/mol. The number of halogens is 5. The lowest BCUT2D eigenvalue weighted by Crippen LogP contribution is -2.44. The molecule has 1 fully saturated rings. The minimum absolute atomic E-state index is 0.273. The molecule has 1 N–H and O–H groups in total. The normalized spacial score (nSPS) is 15.0. The number of alkyl halides is 3. The zero-order valence-electron chi connectivity index (χ0n) is 13.9. The van der Waals surface area contributed by atoms with E-state index < -0.39 is 33.8 Å². The second kappa shape index (κ2) is 7.90. The van der Waals surface area contributed by atoms with E-state index in [1.54, 1.807) is 30.3 Å². The molecule has 5 nitrogen and oxygen atoms in total. The molecule has 27 heavy (non-hydrogen) atoms. The standard InChI is InChI=1S/C17H15Cl2F3N4O/c18-14-12(13(17(20,21)22)23-16(19)24-14)15(27)26(11-8-4-5-9-11)25-10-6-2-1-3-7-10/h1-3,6-7,11,25H,4-5,8-9H2. The number of nitrogens with one attached hydrogen (secondary N) is 1. The van der Waals surface area contributed by atoms with Gasteiger partial charge in [-0.1, -0.05) is 42.6 Å². The lowest BCUT2D eigenvalue weighted by atomic mass is 10.1. The van der Waals surface area contributed by atoms with Crippen molar-refractivity contribution in [2.45, 2.75) is 37.9 Å². The first-order chi connectivity index (χ1) is 12.8. The summed E-state index contributed by atoms with van der Waals surface area (Å²) in [4.78, 5) is 19.8. The van der Waals surface area contributed by atoms with Crippen molar-refractivity contribution in [3.05, 3.63) is 52.0 Å². The van der Waals surface area contributed by atoms with Crippen LogP contribution in [0.2, 0.25) is 10.4 Å². The highest BCUT2D eigenvalue weighted by Gasteiger charge is 2.42. The average molecular weight is 419 g/mol. The second-order valence-corrected chi connectivity index (χ2v) is 6.79. The van der Waals surface area contributed by atoms with Crippen molar-refractivity contribution >= 4 is 34.8 Å². The molecule has 0 saturated heterocycles. The van der Waals surface area contributed by atoms with Crippen LogP contribution >= 0.6 is 23.2 Å². The van der Waals surface area contributed by atoms with Crippen molar-refractivity contribution < 1.29 is 18.0 Å². The van der Waals surface area contributed by atoms with E-state index in [9.17, 15) is 18.0 Å². The molecule has 144 valence electrons. The van der Waals surface area contributed by atoms with Crippen LogP contribution in [0.5, 0.6) is 0 Å². The van der Waals surface area contributed by atoms with Gasteiger partial charge in [-0.05, 0) is 36.6 Å². The van der Waals surface area contributed by atoms with Crippen LogP contribution in [0.15, 0.2) is 30.3 Å². The smallest absolute Gasteiger partial charge is 0.296 e. The lowest BCUT2D eigenvalue weighted by Gasteiger charge is -2.31. The number of carbonyl (C=O) groups excluding carboxylic acids is 1. The van der Waals surface area contributed by atoms with Crippen molar-refractivity contribution in [1.29, 1.82) is 0 Å². The molecule has 0 radical (unpaired) electrons. The summed E-state index contributed by atoms with van der Waals surface area (Å²) in [5, 5.41) is -0.117. The van der Waals surface area contributed by atoms with Crippen molar-refractivity contribution in [2.24, 2.45) is 0 Å². The molecule has 1 saturated carbocycles. The van der Waals surface area contributed by atoms with E-state index in [0.29, 0.717) is 18.5 Å². The van der Waals surface area contributed by atoms with E-state index >= 15 is 0 Å². The van der Waals surface area contributed by atoms with Gasteiger partial charge in [-0.15, -0.1) is 0 Å². The van der Waals surface area contributed by atoms with Crippen LogP contribution in [0.1, 0.15) is 41.7 Å². The summed E-state index contributed by atoms with van der Waals surface area (Å²) in [6.07, 6.45) is -1.82. The SMILES string of the molecule is O=C(c1c(Cl)nc(Cl)nc1C(F)(F)F)N(Nc1ccccc1)C1CCCC1. The van der Waals surface area contributed by atoms with E-state index in [1.807, 2.05) is 0 Å². The molecule has 0 spiro atoms. The molecule has 1 aromatic heterocycles. The number of anilines is 1. The van der Waals surface area contributed by atoms with Gasteiger partial charge in [-0.25, -0.2) is 15.0 Å². The zero-order chi connectivity index (χ0) is 19.6. The number of nitrogens with zero attached hydrogens (tertiary/aromatic N) is 3. The Bertz CT molecular complexity index is 827. The minimum Gasteiger partial charge on any atom is -0.296 e. The molecule has 0 unspecified atom stereocenters. The molecule has 1 aliphatic rings. The van der Waals surface area contributed by atoms with Crippen molar-refractivity contribution in [1.82, 2.24) is 15.0 Å². The number of benzene rings is 1. The third-order valence-corrected chi connectivity index (χ3v) is 4.69. The second-order valence-electron chi connectivity index (χ2n) is 6.10. The molecule has 0 aliphatic heterocycles. The minimum atomic E-state index is -4.91. The quantitative estimate of drug-likeness (QED) is 0.420. The molecule has 1 amide bonds. The Kier molecular flexibility index (Phi) is 5.76. The summed E-state index contributed by atoms with van der Waals surface area (Å²) in [5.74, 6) is -0.945. The number of amides is 1. The number of hydrogen-bond donors (Lipinski definition) is 1. The molecule has 0 atom stereocenters. The maximum atomic E-state index is 13.4. The van der Waals surface area contributed by atoms with E-state index in [4.69, 9.17) is 23.2 Å². The predicted molar refractivity (Wildman–Crippen MR) is 95.5 cm³/mol. The summed E-state index contributed by atoms with van der Waals surface area (Å²) < 4.78 is 40.3. The van der Waals surface area contributed by atoms with Crippen molar-refractivity contribution in [2.75, 3.05) is 5.43 Å². The molecule has 2 aromatic rings. The van der Waals surface area contributed by atoms with Crippen LogP contribution < -0.4 is 5.43 Å². The Balaban J connectivity index is 2.04. The van der Waals surface area contributed by atoms with Crippen molar-refractivity contribution in [3.8, 4) is 0 Å². The van der Waals surface area contributed by atoms with Gasteiger partial charge in [0.15, 0.2) is 5.69 Å². The molecule has 1 aliphatic carbocycles. The maximum Gasteiger partial charge on any atom is 0.434 e. The molecule has 10 heteroatoms. The lowest BCUT2D eigenvalue weighted by molar-refractivity contribution is -0.141. The van der Waals surface area contributed by atoms with Gasteiger partial charge >= 0.3 is 6.18 Å². The monoisotopic (exact) mass is 418 g/mol. The fraction of sp³-hybridized carbons (Fsp3) is 0.353. The van der Waals surface area contributed by atoms with Crippen LogP contribution in [0, 0.1) is 0 Å². The topological polar surface area (TPSA) is 58.1 Å². The van der Waals surface area contributed by atoms with E-state index in [-0.39, 0.29) is 6.04 Å². The summed E-state index contributed by atoms with van der Waals surface area (Å²) in [6, 6.07) is 8.43. The van der Waals surface area contributed by atoms with Gasteiger partial charge < -0.3 is 0 Å². The first-order valence-electron chi connectivity index (χ1n) is 8.23. The fourth-order valence-electron chi connectivity index (χ4n) is 3.04. The molecule has 0 bridgehead atoms. The van der Waals surface area contributed by atoms with Crippen LogP contribution in [-0.4, -0.2) is 26.9 Å². The highest BCUT2D eigenvalue weighted by Crippen LogP contribution is 2.35. The van der Waals surface area contributed by atoms with Crippen LogP contribution in [0.4, 0.5) is 18.9 Å². The van der Waals surface area contributed by atoms with Gasteiger partial charge in [0, 0.05) is 0 Å². The number of carbonyl (C=O) groups is 1. The van der Waals surface area contributed by atoms with E-state index in [1.165, 1.54) is 5.01 Å². The summed E-state index contributed by atoms with van der Waals surface area (Å²) >= 11 is 11.4. The summed E-state index contributed by atoms with van der Waals surface area (Å²) in [7, 11) is 0. The Morgan fingerprint density at radius 2 is 1.74 bits per heavy atom. The predicted octanol–water partition coefficient (Wildman–Crippen LogP) is 5.21. The third-order valence-electron chi connectivity index (χ3n) is 4.25. The number of aromatic nitrogens is 2. The van der Waals surface area contributed by atoms with E-state index in [0.717, 1.165) is 12.8 Å². The first-order valence-corrected chi connectivity index (χ1v) is 8.98. The number of hydrazine groups is 1. The Morgan fingerprint density at radius 1 is 1.11 bits per heavy atom. The molecule has 1 aromatic carbocycles. The molecule has 1 heterocycles. The van der Waals surface area contributed by atoms with Gasteiger partial charge in [-0.2, -0.15) is 13.2 Å². The van der Waals surface area contributed by atoms with Crippen molar-refractivity contribution in [3.63, 3.8) is 0 Å². The van der Waals surface area contributed by atoms with Gasteiger partial charge in [0.1, 0.15) is 10.7 Å². The van der Waals surface area contributed by atoms with Crippen LogP contribution in [0.25, 0.3) is 0 Å². The zero-order valence-corrected chi connectivity index (χ0v) is 15.4. The average Bonchev–Trinajstić information content (AvgIpc) is 3.13. The highest BCUT2D eigenvalue weighted by molar-refractivity contribution is 6.34. The number of para-hydroxylation sites is 1. The van der Waals surface area contributed by atoms with E-state index in [2.05, 4.69) is 15.4 Å². The molecule has 3 rings (SSSR count). The Morgan fingerprint density at radius 3 is 2.33 bits per heavy atom. The van der Waals surface area contributed by atoms with Crippen LogP contribution in [-0.2, 0) is 6.18 Å². The summed E-state index contributed by atoms with van der Waals surface area (Å²) in [6.45, 7) is 0. The van der Waals surface area contributed by atoms with Gasteiger partial charge in [0.05, 0.1) is 11.7 Å². The Hall–Kier alpha value is -2.06. The molecular formula is C17H15Cl2F3N4O. The first kappa shape index (κ1) is 19.7.